The number of esters is 2. The van der Waals surface area contributed by atoms with Crippen molar-refractivity contribution in [3.63, 3.8) is 0 Å². The Morgan fingerprint density at radius 2 is 1.81 bits per heavy atom. The van der Waals surface area contributed by atoms with E-state index in [9.17, 15) is 9.59 Å². The van der Waals surface area contributed by atoms with Crippen LogP contribution in [0.3, 0.4) is 0 Å². The number of anilines is 1. The number of nitrogens with one attached hydrogen (secondary N) is 1. The second kappa shape index (κ2) is 6.24. The fourth-order valence-electron chi connectivity index (χ4n) is 2.64. The van der Waals surface area contributed by atoms with Crippen LogP contribution in [0.2, 0.25) is 0 Å². The average Bonchev–Trinajstić information content (AvgIpc) is 3.04. The van der Waals surface area contributed by atoms with E-state index < -0.39 is 17.7 Å². The summed E-state index contributed by atoms with van der Waals surface area (Å²) in [6.07, 6.45) is 6.74. The van der Waals surface area contributed by atoms with E-state index in [1.807, 2.05) is 47.1 Å². The summed E-state index contributed by atoms with van der Waals surface area (Å²) in [7, 11) is 0. The van der Waals surface area contributed by atoms with Crippen LogP contribution in [0.5, 0.6) is 0 Å². The van der Waals surface area contributed by atoms with Crippen LogP contribution >= 0.6 is 0 Å². The van der Waals surface area contributed by atoms with Crippen LogP contribution in [0.15, 0.2) is 60.7 Å². The molecule has 0 aliphatic carbocycles. The van der Waals surface area contributed by atoms with Gasteiger partial charge in [-0.1, -0.05) is 12.1 Å². The molecule has 3 heterocycles. The third-order valence-corrected chi connectivity index (χ3v) is 3.92. The fourth-order valence-corrected chi connectivity index (χ4v) is 2.64. The quantitative estimate of drug-likeness (QED) is 0.433. The van der Waals surface area contributed by atoms with E-state index in [2.05, 4.69) is 15.3 Å². The lowest BCUT2D eigenvalue weighted by atomic mass is 10.1. The van der Waals surface area contributed by atoms with Crippen molar-refractivity contribution in [1.29, 1.82) is 0 Å². The van der Waals surface area contributed by atoms with Crippen molar-refractivity contribution in [3.8, 4) is 11.3 Å². The molecular weight excluding hydrogens is 348 g/mol. The predicted octanol–water partition coefficient (Wildman–Crippen LogP) is 2.53. The summed E-state index contributed by atoms with van der Waals surface area (Å²) in [5, 5.41) is 2.91. The van der Waals surface area contributed by atoms with Crippen LogP contribution in [0.25, 0.3) is 17.0 Å². The van der Waals surface area contributed by atoms with Crippen molar-refractivity contribution in [1.82, 2.24) is 14.4 Å². The predicted molar refractivity (Wildman–Crippen MR) is 96.4 cm³/mol. The summed E-state index contributed by atoms with van der Waals surface area (Å²) in [6.45, 7) is 3.00. The van der Waals surface area contributed by atoms with Gasteiger partial charge in [0.15, 0.2) is 5.57 Å². The first-order valence-electron chi connectivity index (χ1n) is 8.25. The molecule has 0 unspecified atom stereocenters. The second-order valence-electron chi connectivity index (χ2n) is 6.41. The van der Waals surface area contributed by atoms with Gasteiger partial charge in [-0.15, -0.1) is 0 Å². The van der Waals surface area contributed by atoms with E-state index >= 15 is 0 Å². The minimum Gasteiger partial charge on any atom is -0.419 e. The lowest BCUT2D eigenvalue weighted by Crippen LogP contribution is -2.42. The van der Waals surface area contributed by atoms with Crippen molar-refractivity contribution < 1.29 is 19.1 Å². The molecule has 8 nitrogen and oxygen atoms in total. The lowest BCUT2D eigenvalue weighted by molar-refractivity contribution is -0.222. The zero-order valence-corrected chi connectivity index (χ0v) is 14.7. The zero-order valence-electron chi connectivity index (χ0n) is 14.7. The zero-order chi connectivity index (χ0) is 19.0. The maximum Gasteiger partial charge on any atom is 0.350 e. The van der Waals surface area contributed by atoms with Gasteiger partial charge in [0.2, 0.25) is 5.78 Å². The summed E-state index contributed by atoms with van der Waals surface area (Å²) >= 11 is 0. The van der Waals surface area contributed by atoms with Gasteiger partial charge in [-0.25, -0.2) is 19.6 Å². The monoisotopic (exact) mass is 364 g/mol. The minimum atomic E-state index is -1.25. The highest BCUT2D eigenvalue weighted by molar-refractivity contribution is 6.15. The highest BCUT2D eigenvalue weighted by atomic mass is 16.7. The molecule has 1 aliphatic rings. The highest BCUT2D eigenvalue weighted by Gasteiger charge is 2.38. The second-order valence-corrected chi connectivity index (χ2v) is 6.41. The molecule has 1 fully saturated rings. The Morgan fingerprint density at radius 1 is 1.11 bits per heavy atom. The van der Waals surface area contributed by atoms with E-state index in [1.165, 1.54) is 20.0 Å². The van der Waals surface area contributed by atoms with Gasteiger partial charge in [0.05, 0.1) is 5.69 Å². The van der Waals surface area contributed by atoms with E-state index in [1.54, 1.807) is 6.20 Å². The average molecular weight is 364 g/mol. The largest absolute Gasteiger partial charge is 0.419 e. The van der Waals surface area contributed by atoms with E-state index in [0.29, 0.717) is 11.5 Å². The van der Waals surface area contributed by atoms with Crippen molar-refractivity contribution in [2.24, 2.45) is 0 Å². The maximum atomic E-state index is 11.9. The Labute approximate surface area is 154 Å². The number of fused-ring (bicyclic) bond motifs is 1. The van der Waals surface area contributed by atoms with Gasteiger partial charge in [-0.2, -0.15) is 0 Å². The van der Waals surface area contributed by atoms with Crippen molar-refractivity contribution in [2.75, 3.05) is 5.32 Å². The molecular formula is C19H16N4O4. The summed E-state index contributed by atoms with van der Waals surface area (Å²) in [5.41, 5.74) is 2.21. The number of nitrogens with zero attached hydrogens (tertiary/aromatic N) is 3. The number of carbonyl (C=O) groups is 2. The molecule has 27 heavy (non-hydrogen) atoms. The SMILES string of the molecule is CC1(C)OC(=O)C(=CNc2ccc(-c3cn4cccnc4n3)cc2)C(=O)O1. The molecule has 1 N–H and O–H groups in total. The number of carbonyl (C=O) groups excluding carboxylic acids is 2. The van der Waals surface area contributed by atoms with Crippen LogP contribution in [-0.4, -0.2) is 32.1 Å². The number of hydrogen-bond acceptors (Lipinski definition) is 7. The molecule has 8 heteroatoms. The Kier molecular flexibility index (Phi) is 3.88. The van der Waals surface area contributed by atoms with Crippen LogP contribution in [0, 0.1) is 0 Å². The van der Waals surface area contributed by atoms with E-state index in [0.717, 1.165) is 11.3 Å². The molecule has 3 aromatic rings. The molecule has 0 bridgehead atoms. The smallest absolute Gasteiger partial charge is 0.350 e. The van der Waals surface area contributed by atoms with Crippen LogP contribution < -0.4 is 5.32 Å². The van der Waals surface area contributed by atoms with Crippen LogP contribution in [0.4, 0.5) is 5.69 Å². The number of benzene rings is 1. The fraction of sp³-hybridized carbons (Fsp3) is 0.158. The Balaban J connectivity index is 1.51. The Bertz CT molecular complexity index is 1010. The first-order chi connectivity index (χ1) is 12.9. The molecule has 0 amide bonds. The van der Waals surface area contributed by atoms with Gasteiger partial charge in [0.1, 0.15) is 0 Å². The van der Waals surface area contributed by atoms with E-state index in [-0.39, 0.29) is 5.57 Å². The number of hydrogen-bond donors (Lipinski definition) is 1. The highest BCUT2D eigenvalue weighted by Crippen LogP contribution is 2.24. The van der Waals surface area contributed by atoms with Crippen LogP contribution in [-0.2, 0) is 19.1 Å². The molecule has 2 aromatic heterocycles. The Hall–Kier alpha value is -3.68. The van der Waals surface area contributed by atoms with Crippen LogP contribution in [0.1, 0.15) is 13.8 Å². The van der Waals surface area contributed by atoms with Crippen molar-refractivity contribution in [2.45, 2.75) is 19.6 Å². The van der Waals surface area contributed by atoms with Gasteiger partial charge >= 0.3 is 11.9 Å². The Morgan fingerprint density at radius 3 is 2.48 bits per heavy atom. The first-order valence-corrected chi connectivity index (χ1v) is 8.25. The van der Waals surface area contributed by atoms with Gasteiger partial charge in [-0.05, 0) is 18.2 Å². The summed E-state index contributed by atoms with van der Waals surface area (Å²) in [6, 6.07) is 9.22. The number of ether oxygens (including phenoxy) is 2. The summed E-state index contributed by atoms with van der Waals surface area (Å²) in [5.74, 6) is -2.08. The first kappa shape index (κ1) is 16.8. The normalized spacial score (nSPS) is 16.0. The van der Waals surface area contributed by atoms with Gasteiger partial charge in [-0.3, -0.25) is 4.40 Å². The number of rotatable bonds is 3. The molecule has 136 valence electrons. The minimum absolute atomic E-state index is 0.190. The molecule has 0 radical (unpaired) electrons. The number of aromatic nitrogens is 3. The van der Waals surface area contributed by atoms with E-state index in [4.69, 9.17) is 9.47 Å². The van der Waals surface area contributed by atoms with Gasteiger partial charge in [0, 0.05) is 49.9 Å². The van der Waals surface area contributed by atoms with Gasteiger partial charge < -0.3 is 14.8 Å². The molecule has 0 atom stereocenters. The van der Waals surface area contributed by atoms with Gasteiger partial charge in [0.25, 0.3) is 5.79 Å². The molecule has 1 saturated heterocycles. The topological polar surface area (TPSA) is 94.8 Å². The molecule has 0 spiro atoms. The number of imidazole rings is 1. The molecule has 1 aliphatic heterocycles. The third kappa shape index (κ3) is 3.37. The number of cyclic esters (lactones) is 2. The lowest BCUT2D eigenvalue weighted by Gasteiger charge is -2.29. The molecule has 1 aromatic carbocycles. The summed E-state index contributed by atoms with van der Waals surface area (Å²) in [4.78, 5) is 32.5. The molecule has 0 saturated carbocycles. The van der Waals surface area contributed by atoms with Crippen molar-refractivity contribution in [3.05, 3.63) is 60.7 Å². The third-order valence-electron chi connectivity index (χ3n) is 3.92. The standard InChI is InChI=1S/C19H16N4O4/c1-19(2)26-16(24)14(17(25)27-19)10-21-13-6-4-12(5-7-13)15-11-23-9-3-8-20-18(23)22-15/h3-11,21H,1-2H3. The molecule has 4 rings (SSSR count). The maximum absolute atomic E-state index is 11.9. The summed E-state index contributed by atoms with van der Waals surface area (Å²) < 4.78 is 11.9. The van der Waals surface area contributed by atoms with Crippen molar-refractivity contribution >= 4 is 23.4 Å².